The van der Waals surface area contributed by atoms with Gasteiger partial charge in [0.25, 0.3) is 0 Å². The number of anilines is 1. The van der Waals surface area contributed by atoms with Crippen LogP contribution in [0.1, 0.15) is 39.2 Å². The van der Waals surface area contributed by atoms with Crippen LogP contribution in [0.4, 0.5) is 5.00 Å². The van der Waals surface area contributed by atoms with Gasteiger partial charge in [0.2, 0.25) is 0 Å². The number of allylic oxidation sites excluding steroid dienone is 1. The SMILES string of the molecule is N#Cc1c(NC=CC(=O)c2ccccc2)sc2c1CCCC2. The summed E-state index contributed by atoms with van der Waals surface area (Å²) in [5.74, 6) is -0.0482. The number of carbonyl (C=O) groups excluding carboxylic acids is 1. The molecule has 3 nitrogen and oxygen atoms in total. The predicted molar refractivity (Wildman–Crippen MR) is 89.2 cm³/mol. The normalized spacial score (nSPS) is 13.6. The van der Waals surface area contributed by atoms with Crippen LogP contribution >= 0.6 is 11.3 Å². The maximum absolute atomic E-state index is 12.0. The van der Waals surface area contributed by atoms with Crippen LogP contribution in [0, 0.1) is 11.3 Å². The molecule has 0 saturated heterocycles. The Hall–Kier alpha value is -2.38. The van der Waals surface area contributed by atoms with E-state index in [1.54, 1.807) is 29.7 Å². The van der Waals surface area contributed by atoms with Gasteiger partial charge in [0, 0.05) is 22.7 Å². The third-order valence-electron chi connectivity index (χ3n) is 3.79. The molecule has 3 rings (SSSR count). The lowest BCUT2D eigenvalue weighted by Crippen LogP contribution is -2.00. The van der Waals surface area contributed by atoms with Crippen molar-refractivity contribution in [3.8, 4) is 6.07 Å². The lowest BCUT2D eigenvalue weighted by atomic mass is 9.96. The third kappa shape index (κ3) is 2.95. The monoisotopic (exact) mass is 308 g/mol. The van der Waals surface area contributed by atoms with E-state index in [2.05, 4.69) is 11.4 Å². The van der Waals surface area contributed by atoms with Crippen molar-refractivity contribution in [1.82, 2.24) is 0 Å². The van der Waals surface area contributed by atoms with Crippen molar-refractivity contribution in [3.63, 3.8) is 0 Å². The van der Waals surface area contributed by atoms with Gasteiger partial charge in [0.1, 0.15) is 11.1 Å². The number of carbonyl (C=O) groups is 1. The number of nitriles is 1. The zero-order valence-corrected chi connectivity index (χ0v) is 13.0. The zero-order chi connectivity index (χ0) is 15.4. The van der Waals surface area contributed by atoms with Crippen molar-refractivity contribution in [1.29, 1.82) is 5.26 Å². The molecule has 0 unspecified atom stereocenters. The summed E-state index contributed by atoms with van der Waals surface area (Å²) in [6.07, 6.45) is 7.54. The Morgan fingerprint density at radius 1 is 1.23 bits per heavy atom. The van der Waals surface area contributed by atoms with E-state index in [0.29, 0.717) is 5.56 Å². The summed E-state index contributed by atoms with van der Waals surface area (Å²) in [6, 6.07) is 11.4. The summed E-state index contributed by atoms with van der Waals surface area (Å²) in [7, 11) is 0. The molecule has 0 radical (unpaired) electrons. The number of ketones is 1. The fourth-order valence-electron chi connectivity index (χ4n) is 2.68. The molecular formula is C18H16N2OS. The first-order valence-corrected chi connectivity index (χ1v) is 8.18. The molecule has 110 valence electrons. The van der Waals surface area contributed by atoms with Gasteiger partial charge in [-0.15, -0.1) is 11.3 Å². The number of thiophene rings is 1. The molecule has 1 heterocycles. The molecule has 0 aliphatic heterocycles. The Morgan fingerprint density at radius 3 is 2.77 bits per heavy atom. The van der Waals surface area contributed by atoms with E-state index in [9.17, 15) is 10.1 Å². The number of nitrogens with one attached hydrogen (secondary N) is 1. The highest BCUT2D eigenvalue weighted by molar-refractivity contribution is 7.16. The molecule has 1 aromatic heterocycles. The molecule has 2 aromatic rings. The van der Waals surface area contributed by atoms with Crippen molar-refractivity contribution < 1.29 is 4.79 Å². The van der Waals surface area contributed by atoms with Crippen molar-refractivity contribution in [2.75, 3.05) is 5.32 Å². The van der Waals surface area contributed by atoms with Gasteiger partial charge in [0.05, 0.1) is 5.56 Å². The first kappa shape index (κ1) is 14.6. The Kier molecular flexibility index (Phi) is 4.36. The van der Waals surface area contributed by atoms with Gasteiger partial charge in [-0.1, -0.05) is 30.3 Å². The smallest absolute Gasteiger partial charge is 0.187 e. The molecule has 0 atom stereocenters. The Balaban J connectivity index is 1.74. The number of hydrogen-bond acceptors (Lipinski definition) is 4. The van der Waals surface area contributed by atoms with Crippen LogP contribution in [0.25, 0.3) is 0 Å². The standard InChI is InChI=1S/C18H16N2OS/c19-12-15-14-8-4-5-9-17(14)22-18(15)20-11-10-16(21)13-6-2-1-3-7-13/h1-3,6-7,10-11,20H,4-5,8-9H2. The topological polar surface area (TPSA) is 52.9 Å². The molecule has 1 aromatic carbocycles. The lowest BCUT2D eigenvalue weighted by Gasteiger charge is -2.09. The second-order valence-corrected chi connectivity index (χ2v) is 6.34. The van der Waals surface area contributed by atoms with Gasteiger partial charge >= 0.3 is 0 Å². The maximum atomic E-state index is 12.0. The summed E-state index contributed by atoms with van der Waals surface area (Å²) in [5.41, 5.74) is 2.60. The number of nitrogens with zero attached hydrogens (tertiary/aromatic N) is 1. The maximum Gasteiger partial charge on any atom is 0.187 e. The minimum Gasteiger partial charge on any atom is -0.352 e. The minimum atomic E-state index is -0.0482. The van der Waals surface area contributed by atoms with Crippen LogP contribution < -0.4 is 5.32 Å². The lowest BCUT2D eigenvalue weighted by molar-refractivity contribution is 0.104. The summed E-state index contributed by atoms with van der Waals surface area (Å²) in [4.78, 5) is 13.3. The van der Waals surface area contributed by atoms with Crippen LogP contribution in [-0.4, -0.2) is 5.78 Å². The second kappa shape index (κ2) is 6.59. The molecule has 0 bridgehead atoms. The number of hydrogen-bond donors (Lipinski definition) is 1. The van der Waals surface area contributed by atoms with E-state index in [1.807, 2.05) is 18.2 Å². The summed E-state index contributed by atoms with van der Waals surface area (Å²) < 4.78 is 0. The first-order valence-electron chi connectivity index (χ1n) is 7.36. The van der Waals surface area contributed by atoms with Crippen LogP contribution in [0.5, 0.6) is 0 Å². The molecule has 1 aliphatic rings. The van der Waals surface area contributed by atoms with Crippen LogP contribution in [-0.2, 0) is 12.8 Å². The Morgan fingerprint density at radius 2 is 2.00 bits per heavy atom. The van der Waals surface area contributed by atoms with Gasteiger partial charge in [-0.05, 0) is 31.2 Å². The van der Waals surface area contributed by atoms with E-state index >= 15 is 0 Å². The summed E-state index contributed by atoms with van der Waals surface area (Å²) in [6.45, 7) is 0. The summed E-state index contributed by atoms with van der Waals surface area (Å²) in [5, 5.41) is 13.3. The van der Waals surface area contributed by atoms with Crippen LogP contribution in [0.15, 0.2) is 42.6 Å². The Labute approximate surface area is 133 Å². The highest BCUT2D eigenvalue weighted by Gasteiger charge is 2.19. The molecular weight excluding hydrogens is 292 g/mol. The minimum absolute atomic E-state index is 0.0482. The van der Waals surface area contributed by atoms with E-state index in [0.717, 1.165) is 29.8 Å². The molecule has 0 saturated carbocycles. The zero-order valence-electron chi connectivity index (χ0n) is 12.1. The van der Waals surface area contributed by atoms with Gasteiger partial charge < -0.3 is 5.32 Å². The molecule has 22 heavy (non-hydrogen) atoms. The Bertz CT molecular complexity index is 753. The van der Waals surface area contributed by atoms with Gasteiger partial charge in [0.15, 0.2) is 5.78 Å². The molecule has 0 fully saturated rings. The number of aryl methyl sites for hydroxylation is 1. The fraction of sp³-hybridized carbons (Fsp3) is 0.222. The number of fused-ring (bicyclic) bond motifs is 1. The van der Waals surface area contributed by atoms with Crippen molar-refractivity contribution in [2.24, 2.45) is 0 Å². The predicted octanol–water partition coefficient (Wildman–Crippen LogP) is 4.31. The van der Waals surface area contributed by atoms with Gasteiger partial charge in [-0.25, -0.2) is 0 Å². The fourth-order valence-corrected chi connectivity index (χ4v) is 3.90. The quantitative estimate of drug-likeness (QED) is 0.676. The van der Waals surface area contributed by atoms with Crippen molar-refractivity contribution in [3.05, 3.63) is 64.2 Å². The molecule has 4 heteroatoms. The van der Waals surface area contributed by atoms with Crippen molar-refractivity contribution in [2.45, 2.75) is 25.7 Å². The van der Waals surface area contributed by atoms with E-state index in [1.165, 1.54) is 22.9 Å². The van der Waals surface area contributed by atoms with Crippen LogP contribution in [0.2, 0.25) is 0 Å². The van der Waals surface area contributed by atoms with Gasteiger partial charge in [-0.2, -0.15) is 5.26 Å². The second-order valence-electron chi connectivity index (χ2n) is 5.23. The average molecular weight is 308 g/mol. The van der Waals surface area contributed by atoms with Crippen molar-refractivity contribution >= 4 is 22.1 Å². The average Bonchev–Trinajstić information content (AvgIpc) is 2.93. The number of benzene rings is 1. The molecule has 0 amide bonds. The van der Waals surface area contributed by atoms with E-state index in [4.69, 9.17) is 0 Å². The molecule has 1 N–H and O–H groups in total. The summed E-state index contributed by atoms with van der Waals surface area (Å²) >= 11 is 1.64. The third-order valence-corrected chi connectivity index (χ3v) is 5.01. The molecule has 1 aliphatic carbocycles. The molecule has 0 spiro atoms. The highest BCUT2D eigenvalue weighted by atomic mass is 32.1. The van der Waals surface area contributed by atoms with E-state index in [-0.39, 0.29) is 5.78 Å². The first-order chi connectivity index (χ1) is 10.8. The largest absolute Gasteiger partial charge is 0.352 e. The number of rotatable bonds is 4. The van der Waals surface area contributed by atoms with E-state index < -0.39 is 0 Å². The van der Waals surface area contributed by atoms with Crippen LogP contribution in [0.3, 0.4) is 0 Å². The van der Waals surface area contributed by atoms with Gasteiger partial charge in [-0.3, -0.25) is 4.79 Å². The highest BCUT2D eigenvalue weighted by Crippen LogP contribution is 2.37.